The normalized spacial score (nSPS) is 10.2. The van der Waals surface area contributed by atoms with Crippen LogP contribution >= 0.6 is 63.7 Å². The van der Waals surface area contributed by atoms with Gasteiger partial charge >= 0.3 is 0 Å². The first-order chi connectivity index (χ1) is 9.04. The maximum Gasteiger partial charge on any atom is 0.147 e. The second-order valence-electron chi connectivity index (χ2n) is 3.45. The zero-order valence-corrected chi connectivity index (χ0v) is 16.2. The van der Waals surface area contributed by atoms with E-state index in [1.54, 1.807) is 0 Å². The van der Waals surface area contributed by atoms with Crippen molar-refractivity contribution in [2.45, 2.75) is 6.42 Å². The molecule has 0 aromatic heterocycles. The van der Waals surface area contributed by atoms with E-state index in [9.17, 15) is 0 Å². The summed E-state index contributed by atoms with van der Waals surface area (Å²) in [5.74, 6) is 1.43. The van der Waals surface area contributed by atoms with Crippen LogP contribution in [0.4, 0.5) is 0 Å². The molecule has 0 aliphatic carbocycles. The SMILES string of the molecule is OCCCOc1c(Br)cc(OCC=C(Br)Br)cc1Br. The molecule has 0 saturated carbocycles. The molecule has 7 heteroatoms. The van der Waals surface area contributed by atoms with Crippen LogP contribution in [0.3, 0.4) is 0 Å². The van der Waals surface area contributed by atoms with Crippen molar-refractivity contribution in [1.82, 2.24) is 0 Å². The molecule has 0 unspecified atom stereocenters. The van der Waals surface area contributed by atoms with Crippen molar-refractivity contribution in [3.05, 3.63) is 30.5 Å². The summed E-state index contributed by atoms with van der Waals surface area (Å²) in [7, 11) is 0. The standard InChI is InChI=1S/C12H12Br4O3/c13-9-6-8(18-5-2-11(15)16)7-10(14)12(9)19-4-1-3-17/h2,6-7,17H,1,3-5H2. The molecule has 0 fully saturated rings. The van der Waals surface area contributed by atoms with Gasteiger partial charge in [-0.05, 0) is 81.9 Å². The van der Waals surface area contributed by atoms with Gasteiger partial charge in [-0.3, -0.25) is 0 Å². The van der Waals surface area contributed by atoms with E-state index >= 15 is 0 Å². The van der Waals surface area contributed by atoms with Gasteiger partial charge in [0.2, 0.25) is 0 Å². The Hall–Kier alpha value is 0.440. The van der Waals surface area contributed by atoms with Crippen LogP contribution in [0.15, 0.2) is 30.5 Å². The van der Waals surface area contributed by atoms with E-state index in [0.29, 0.717) is 25.4 Å². The van der Waals surface area contributed by atoms with E-state index in [1.807, 2.05) is 18.2 Å². The molecule has 3 nitrogen and oxygen atoms in total. The molecule has 1 N–H and O–H groups in total. The minimum atomic E-state index is 0.115. The molecular formula is C12H12Br4O3. The molecule has 0 aliphatic heterocycles. The Labute approximate surface area is 145 Å². The average Bonchev–Trinajstić information content (AvgIpc) is 2.32. The molecule has 0 bridgehead atoms. The van der Waals surface area contributed by atoms with Crippen molar-refractivity contribution in [1.29, 1.82) is 0 Å². The van der Waals surface area contributed by atoms with Crippen LogP contribution < -0.4 is 9.47 Å². The Balaban J connectivity index is 2.70. The number of aliphatic hydroxyl groups is 1. The van der Waals surface area contributed by atoms with Crippen LogP contribution in [-0.2, 0) is 0 Å². The van der Waals surface area contributed by atoms with Crippen LogP contribution in [0, 0.1) is 0 Å². The van der Waals surface area contributed by atoms with Gasteiger partial charge in [0, 0.05) is 13.0 Å². The lowest BCUT2D eigenvalue weighted by atomic mass is 10.3. The first-order valence-electron chi connectivity index (χ1n) is 5.41. The summed E-state index contributed by atoms with van der Waals surface area (Å²) in [4.78, 5) is 0. The smallest absolute Gasteiger partial charge is 0.147 e. The summed E-state index contributed by atoms with van der Waals surface area (Å²) in [6.45, 7) is 1.03. The third-order valence-electron chi connectivity index (χ3n) is 2.01. The molecule has 1 rings (SSSR count). The van der Waals surface area contributed by atoms with E-state index in [4.69, 9.17) is 14.6 Å². The van der Waals surface area contributed by atoms with Crippen LogP contribution in [0.5, 0.6) is 11.5 Å². The first kappa shape index (κ1) is 17.5. The second kappa shape index (κ2) is 9.39. The maximum absolute atomic E-state index is 8.73. The van der Waals surface area contributed by atoms with Crippen molar-refractivity contribution in [3.63, 3.8) is 0 Å². The molecular weight excluding hydrogens is 512 g/mol. The molecule has 19 heavy (non-hydrogen) atoms. The highest BCUT2D eigenvalue weighted by molar-refractivity contribution is 9.28. The molecule has 106 valence electrons. The van der Waals surface area contributed by atoms with Gasteiger partial charge in [0.1, 0.15) is 18.1 Å². The number of benzene rings is 1. The van der Waals surface area contributed by atoms with Crippen molar-refractivity contribution < 1.29 is 14.6 Å². The van der Waals surface area contributed by atoms with E-state index in [-0.39, 0.29) is 6.61 Å². The fourth-order valence-electron chi connectivity index (χ4n) is 1.20. The highest BCUT2D eigenvalue weighted by atomic mass is 79.9. The number of hydrogen-bond donors (Lipinski definition) is 1. The summed E-state index contributed by atoms with van der Waals surface area (Å²) in [5, 5.41) is 8.73. The molecule has 0 saturated heterocycles. The Kier molecular flexibility index (Phi) is 8.64. The lowest BCUT2D eigenvalue weighted by molar-refractivity contribution is 0.232. The third kappa shape index (κ3) is 6.62. The van der Waals surface area contributed by atoms with Crippen LogP contribution in [0.25, 0.3) is 0 Å². The van der Waals surface area contributed by atoms with E-state index in [2.05, 4.69) is 63.7 Å². The summed E-state index contributed by atoms with van der Waals surface area (Å²) in [6.07, 6.45) is 2.45. The van der Waals surface area contributed by atoms with Gasteiger partial charge < -0.3 is 14.6 Å². The zero-order chi connectivity index (χ0) is 14.3. The minimum absolute atomic E-state index is 0.115. The summed E-state index contributed by atoms with van der Waals surface area (Å²) in [6, 6.07) is 3.68. The molecule has 1 aromatic carbocycles. The molecule has 0 aliphatic rings. The van der Waals surface area contributed by atoms with Crippen LogP contribution in [0.1, 0.15) is 6.42 Å². The van der Waals surface area contributed by atoms with Gasteiger partial charge in [0.25, 0.3) is 0 Å². The zero-order valence-electron chi connectivity index (χ0n) is 9.84. The number of hydrogen-bond acceptors (Lipinski definition) is 3. The van der Waals surface area contributed by atoms with Gasteiger partial charge in [0.05, 0.1) is 18.9 Å². The monoisotopic (exact) mass is 520 g/mol. The van der Waals surface area contributed by atoms with Crippen molar-refractivity contribution >= 4 is 63.7 Å². The molecule has 1 aromatic rings. The summed E-state index contributed by atoms with van der Waals surface area (Å²) >= 11 is 13.4. The number of aliphatic hydroxyl groups excluding tert-OH is 1. The van der Waals surface area contributed by atoms with E-state index in [1.165, 1.54) is 0 Å². The Morgan fingerprint density at radius 2 is 1.79 bits per heavy atom. The predicted molar refractivity (Wildman–Crippen MR) is 90.5 cm³/mol. The summed E-state index contributed by atoms with van der Waals surface area (Å²) < 4.78 is 13.6. The van der Waals surface area contributed by atoms with Gasteiger partial charge in [-0.15, -0.1) is 0 Å². The van der Waals surface area contributed by atoms with Crippen LogP contribution in [0.2, 0.25) is 0 Å². The lowest BCUT2D eigenvalue weighted by Crippen LogP contribution is -2.01. The quantitative estimate of drug-likeness (QED) is 0.512. The average molecular weight is 524 g/mol. The lowest BCUT2D eigenvalue weighted by Gasteiger charge is -2.12. The Morgan fingerprint density at radius 1 is 1.16 bits per heavy atom. The highest BCUT2D eigenvalue weighted by Gasteiger charge is 2.09. The van der Waals surface area contributed by atoms with Crippen molar-refractivity contribution in [2.24, 2.45) is 0 Å². The topological polar surface area (TPSA) is 38.7 Å². The number of ether oxygens (including phenoxy) is 2. The van der Waals surface area contributed by atoms with Gasteiger partial charge in [-0.25, -0.2) is 0 Å². The molecule has 0 heterocycles. The van der Waals surface area contributed by atoms with Gasteiger partial charge in [-0.1, -0.05) is 0 Å². The van der Waals surface area contributed by atoms with Crippen molar-refractivity contribution in [2.75, 3.05) is 19.8 Å². The number of rotatable bonds is 7. The minimum Gasteiger partial charge on any atom is -0.491 e. The molecule has 0 atom stereocenters. The largest absolute Gasteiger partial charge is 0.491 e. The Bertz CT molecular complexity index is 422. The second-order valence-corrected chi connectivity index (χ2v) is 7.93. The first-order valence-corrected chi connectivity index (χ1v) is 8.58. The van der Waals surface area contributed by atoms with Crippen molar-refractivity contribution in [3.8, 4) is 11.5 Å². The van der Waals surface area contributed by atoms with Gasteiger partial charge in [0.15, 0.2) is 0 Å². The highest BCUT2D eigenvalue weighted by Crippen LogP contribution is 2.37. The van der Waals surface area contributed by atoms with E-state index < -0.39 is 0 Å². The molecule has 0 radical (unpaired) electrons. The fraction of sp³-hybridized carbons (Fsp3) is 0.333. The summed E-state index contributed by atoms with van der Waals surface area (Å²) in [5.41, 5.74) is 0. The Morgan fingerprint density at radius 3 is 2.32 bits per heavy atom. The molecule has 0 amide bonds. The molecule has 0 spiro atoms. The third-order valence-corrected chi connectivity index (χ3v) is 3.83. The number of halogens is 4. The maximum atomic E-state index is 8.73. The van der Waals surface area contributed by atoms with E-state index in [0.717, 1.165) is 18.1 Å². The fourth-order valence-corrected chi connectivity index (χ4v) is 2.84. The predicted octanol–water partition coefficient (Wildman–Crippen LogP) is 4.98. The van der Waals surface area contributed by atoms with Crippen LogP contribution in [-0.4, -0.2) is 24.9 Å². The van der Waals surface area contributed by atoms with Gasteiger partial charge in [-0.2, -0.15) is 0 Å².